The molecule has 0 aliphatic rings. The Balaban J connectivity index is 2.77. The van der Waals surface area contributed by atoms with Gasteiger partial charge in [-0.3, -0.25) is 0 Å². The van der Waals surface area contributed by atoms with Gasteiger partial charge < -0.3 is 4.74 Å². The number of hydrogen-bond acceptors (Lipinski definition) is 1. The van der Waals surface area contributed by atoms with Crippen molar-refractivity contribution in [1.29, 1.82) is 0 Å². The lowest BCUT2D eigenvalue weighted by atomic mass is 9.86. The van der Waals surface area contributed by atoms with Crippen LogP contribution in [0.3, 0.4) is 0 Å². The van der Waals surface area contributed by atoms with E-state index in [0.29, 0.717) is 11.8 Å². The summed E-state index contributed by atoms with van der Waals surface area (Å²) in [5.41, 5.74) is 1.43. The van der Waals surface area contributed by atoms with Crippen molar-refractivity contribution in [3.8, 4) is 5.75 Å². The first kappa shape index (κ1) is 12.1. The van der Waals surface area contributed by atoms with Gasteiger partial charge in [-0.2, -0.15) is 0 Å². The van der Waals surface area contributed by atoms with Crippen LogP contribution in [0.5, 0.6) is 5.75 Å². The molecule has 1 nitrogen and oxygen atoms in total. The van der Waals surface area contributed by atoms with Gasteiger partial charge in [0.2, 0.25) is 0 Å². The van der Waals surface area contributed by atoms with Crippen molar-refractivity contribution in [2.24, 2.45) is 5.92 Å². The summed E-state index contributed by atoms with van der Waals surface area (Å²) >= 11 is 0. The Bertz CT molecular complexity index is 274. The second-order valence-electron chi connectivity index (χ2n) is 4.26. The van der Waals surface area contributed by atoms with E-state index in [-0.39, 0.29) is 0 Å². The van der Waals surface area contributed by atoms with E-state index in [9.17, 15) is 0 Å². The molecular formula is C14H22O. The predicted octanol–water partition coefficient (Wildman–Crippen LogP) is 4.23. The Kier molecular flexibility index (Phi) is 4.67. The third kappa shape index (κ3) is 3.26. The number of rotatable bonds is 5. The summed E-state index contributed by atoms with van der Waals surface area (Å²) in [7, 11) is 0. The highest BCUT2D eigenvalue weighted by Crippen LogP contribution is 2.28. The minimum atomic E-state index is 0.667. The zero-order valence-electron chi connectivity index (χ0n) is 10.3. The molecule has 1 aromatic carbocycles. The quantitative estimate of drug-likeness (QED) is 0.700. The third-order valence-corrected chi connectivity index (χ3v) is 2.86. The van der Waals surface area contributed by atoms with Crippen LogP contribution >= 0.6 is 0 Å². The van der Waals surface area contributed by atoms with Gasteiger partial charge in [0.15, 0.2) is 0 Å². The van der Waals surface area contributed by atoms with E-state index in [0.717, 1.165) is 12.4 Å². The zero-order valence-corrected chi connectivity index (χ0v) is 10.3. The average Bonchev–Trinajstić information content (AvgIpc) is 2.21. The molecule has 1 rings (SSSR count). The van der Waals surface area contributed by atoms with Gasteiger partial charge in [-0.1, -0.05) is 32.9 Å². The Morgan fingerprint density at radius 3 is 2.07 bits per heavy atom. The van der Waals surface area contributed by atoms with Crippen molar-refractivity contribution in [1.82, 2.24) is 0 Å². The highest BCUT2D eigenvalue weighted by Gasteiger charge is 2.13. The fourth-order valence-electron chi connectivity index (χ4n) is 2.07. The molecule has 0 saturated heterocycles. The van der Waals surface area contributed by atoms with Crippen molar-refractivity contribution in [3.05, 3.63) is 29.8 Å². The number of ether oxygens (including phenoxy) is 1. The Hall–Kier alpha value is -0.980. The Morgan fingerprint density at radius 1 is 1.07 bits per heavy atom. The lowest BCUT2D eigenvalue weighted by Crippen LogP contribution is -2.05. The molecule has 0 amide bonds. The maximum absolute atomic E-state index is 5.43. The van der Waals surface area contributed by atoms with E-state index >= 15 is 0 Å². The molecule has 0 aliphatic carbocycles. The molecule has 1 heteroatoms. The average molecular weight is 206 g/mol. The van der Waals surface area contributed by atoms with Crippen LogP contribution in [0.2, 0.25) is 0 Å². The lowest BCUT2D eigenvalue weighted by Gasteiger charge is -2.19. The summed E-state index contributed by atoms with van der Waals surface area (Å²) in [6.45, 7) is 9.56. The predicted molar refractivity (Wildman–Crippen MR) is 65.5 cm³/mol. The second kappa shape index (κ2) is 5.79. The molecule has 0 fully saturated rings. The van der Waals surface area contributed by atoms with Gasteiger partial charge in [0, 0.05) is 0 Å². The summed E-state index contributed by atoms with van der Waals surface area (Å²) in [6.07, 6.45) is 1.20. The topological polar surface area (TPSA) is 9.23 Å². The van der Waals surface area contributed by atoms with Gasteiger partial charge in [-0.15, -0.1) is 0 Å². The van der Waals surface area contributed by atoms with Gasteiger partial charge in [-0.05, 0) is 42.9 Å². The summed E-state index contributed by atoms with van der Waals surface area (Å²) in [5, 5.41) is 0. The summed E-state index contributed by atoms with van der Waals surface area (Å²) in [4.78, 5) is 0. The molecule has 0 saturated carbocycles. The molecular weight excluding hydrogens is 184 g/mol. The standard InChI is InChI=1S/C14H22O/c1-5-14(11(3)4)12-7-9-13(10-8-12)15-6-2/h7-11,14H,5-6H2,1-4H3. The van der Waals surface area contributed by atoms with E-state index in [1.54, 1.807) is 0 Å². The van der Waals surface area contributed by atoms with E-state index in [4.69, 9.17) is 4.74 Å². The Labute approximate surface area is 93.5 Å². The first-order chi connectivity index (χ1) is 7.19. The molecule has 0 spiro atoms. The monoisotopic (exact) mass is 206 g/mol. The molecule has 15 heavy (non-hydrogen) atoms. The van der Waals surface area contributed by atoms with Gasteiger partial charge in [0.25, 0.3) is 0 Å². The molecule has 0 aromatic heterocycles. The van der Waals surface area contributed by atoms with Crippen molar-refractivity contribution >= 4 is 0 Å². The molecule has 0 N–H and O–H groups in total. The van der Waals surface area contributed by atoms with Crippen molar-refractivity contribution in [3.63, 3.8) is 0 Å². The molecule has 1 unspecified atom stereocenters. The summed E-state index contributed by atoms with van der Waals surface area (Å²) < 4.78 is 5.43. The lowest BCUT2D eigenvalue weighted by molar-refractivity contribution is 0.340. The largest absolute Gasteiger partial charge is 0.494 e. The van der Waals surface area contributed by atoms with Crippen LogP contribution in [0.1, 0.15) is 45.6 Å². The molecule has 0 radical (unpaired) electrons. The van der Waals surface area contributed by atoms with E-state index in [2.05, 4.69) is 45.0 Å². The molecule has 0 heterocycles. The van der Waals surface area contributed by atoms with Gasteiger partial charge in [0.05, 0.1) is 6.61 Å². The number of benzene rings is 1. The third-order valence-electron chi connectivity index (χ3n) is 2.86. The molecule has 1 atom stereocenters. The fourth-order valence-corrected chi connectivity index (χ4v) is 2.07. The molecule has 0 bridgehead atoms. The van der Waals surface area contributed by atoms with Crippen molar-refractivity contribution in [2.45, 2.75) is 40.0 Å². The summed E-state index contributed by atoms with van der Waals surface area (Å²) in [6, 6.07) is 8.53. The van der Waals surface area contributed by atoms with Crippen molar-refractivity contribution in [2.75, 3.05) is 6.61 Å². The van der Waals surface area contributed by atoms with E-state index in [1.807, 2.05) is 6.92 Å². The van der Waals surface area contributed by atoms with Gasteiger partial charge in [0.1, 0.15) is 5.75 Å². The first-order valence-corrected chi connectivity index (χ1v) is 5.91. The molecule has 0 aliphatic heterocycles. The van der Waals surface area contributed by atoms with Crippen molar-refractivity contribution < 1.29 is 4.74 Å². The number of hydrogen-bond donors (Lipinski definition) is 0. The van der Waals surface area contributed by atoms with Crippen LogP contribution in [0.4, 0.5) is 0 Å². The first-order valence-electron chi connectivity index (χ1n) is 5.91. The second-order valence-corrected chi connectivity index (χ2v) is 4.26. The van der Waals surface area contributed by atoms with E-state index < -0.39 is 0 Å². The van der Waals surface area contributed by atoms with Crippen LogP contribution in [0.25, 0.3) is 0 Å². The van der Waals surface area contributed by atoms with Crippen LogP contribution in [-0.4, -0.2) is 6.61 Å². The summed E-state index contributed by atoms with van der Waals surface area (Å²) in [5.74, 6) is 2.34. The normalized spacial score (nSPS) is 12.9. The smallest absolute Gasteiger partial charge is 0.119 e. The fraction of sp³-hybridized carbons (Fsp3) is 0.571. The minimum absolute atomic E-state index is 0.667. The zero-order chi connectivity index (χ0) is 11.3. The maximum atomic E-state index is 5.43. The van der Waals surface area contributed by atoms with Gasteiger partial charge >= 0.3 is 0 Å². The SMILES string of the molecule is CCOc1ccc(C(CC)C(C)C)cc1. The van der Waals surface area contributed by atoms with Crippen LogP contribution < -0.4 is 4.74 Å². The van der Waals surface area contributed by atoms with Crippen LogP contribution in [-0.2, 0) is 0 Å². The molecule has 84 valence electrons. The maximum Gasteiger partial charge on any atom is 0.119 e. The van der Waals surface area contributed by atoms with Crippen LogP contribution in [0.15, 0.2) is 24.3 Å². The highest BCUT2D eigenvalue weighted by atomic mass is 16.5. The van der Waals surface area contributed by atoms with E-state index in [1.165, 1.54) is 12.0 Å². The Morgan fingerprint density at radius 2 is 1.67 bits per heavy atom. The van der Waals surface area contributed by atoms with Gasteiger partial charge in [-0.25, -0.2) is 0 Å². The highest BCUT2D eigenvalue weighted by molar-refractivity contribution is 5.29. The van der Waals surface area contributed by atoms with Crippen LogP contribution in [0, 0.1) is 5.92 Å². The minimum Gasteiger partial charge on any atom is -0.494 e. The molecule has 1 aromatic rings.